The first-order chi connectivity index (χ1) is 18.9. The third-order valence-electron chi connectivity index (χ3n) is 10.6. The standard InChI is InChI=1S/C33H42O8/c1-10-18(35)13-21-31(8)16(6)22-19(14(2)3)11-12-20(36)24(22)28(38)26(31)30(40)33(41)29(39)23(17(7)34)27(37)25(15(4)5)32(21,33)9/h11-12,14-16,21,25,36-37,40-41H,10,13H2,1-9H3/t16-,21-,25?,31-,32-,33+/m1/s1. The Bertz CT molecular complexity index is 1440. The van der Waals surface area contributed by atoms with Crippen LogP contribution in [0.15, 0.2) is 34.8 Å². The van der Waals surface area contributed by atoms with E-state index in [-0.39, 0.29) is 41.4 Å². The minimum atomic E-state index is -2.79. The molecular formula is C33H42O8. The van der Waals surface area contributed by atoms with Gasteiger partial charge in [-0.3, -0.25) is 19.2 Å². The van der Waals surface area contributed by atoms with E-state index >= 15 is 0 Å². The monoisotopic (exact) mass is 566 g/mol. The van der Waals surface area contributed by atoms with E-state index in [1.807, 2.05) is 20.8 Å². The molecule has 0 heterocycles. The number of ketones is 4. The molecule has 4 rings (SSSR count). The number of aliphatic hydroxyl groups is 3. The van der Waals surface area contributed by atoms with Crippen molar-refractivity contribution in [1.82, 2.24) is 0 Å². The topological polar surface area (TPSA) is 149 Å². The number of carbonyl (C=O) groups excluding carboxylic acids is 4. The number of hydrogen-bond acceptors (Lipinski definition) is 8. The van der Waals surface area contributed by atoms with Gasteiger partial charge >= 0.3 is 0 Å². The number of phenols is 1. The van der Waals surface area contributed by atoms with Gasteiger partial charge < -0.3 is 20.4 Å². The molecule has 41 heavy (non-hydrogen) atoms. The summed E-state index contributed by atoms with van der Waals surface area (Å²) in [5.74, 6) is -7.53. The molecule has 0 bridgehead atoms. The number of aliphatic hydroxyl groups excluding tert-OH is 2. The molecular weight excluding hydrogens is 524 g/mol. The molecule has 1 aromatic carbocycles. The zero-order valence-electron chi connectivity index (χ0n) is 25.4. The van der Waals surface area contributed by atoms with Crippen molar-refractivity contribution < 1.29 is 39.6 Å². The molecule has 8 nitrogen and oxygen atoms in total. The molecule has 6 atom stereocenters. The summed E-state index contributed by atoms with van der Waals surface area (Å²) in [5, 5.41) is 47.0. The highest BCUT2D eigenvalue weighted by Gasteiger charge is 2.75. The zero-order valence-corrected chi connectivity index (χ0v) is 25.4. The van der Waals surface area contributed by atoms with Crippen molar-refractivity contribution in [3.8, 4) is 5.75 Å². The molecule has 3 aliphatic carbocycles. The average molecular weight is 567 g/mol. The summed E-state index contributed by atoms with van der Waals surface area (Å²) in [6, 6.07) is 3.19. The first-order valence-electron chi connectivity index (χ1n) is 14.4. The van der Waals surface area contributed by atoms with Gasteiger partial charge in [0.05, 0.1) is 5.56 Å². The molecule has 3 aliphatic rings. The van der Waals surface area contributed by atoms with Crippen molar-refractivity contribution in [2.24, 2.45) is 28.6 Å². The Morgan fingerprint density at radius 1 is 1.02 bits per heavy atom. The Balaban J connectivity index is 2.26. The number of Topliss-reactive ketones (excluding diaryl/α,β-unsaturated/α-hetero) is 4. The Morgan fingerprint density at radius 2 is 1.61 bits per heavy atom. The molecule has 0 spiro atoms. The lowest BCUT2D eigenvalue weighted by Gasteiger charge is -2.65. The van der Waals surface area contributed by atoms with Crippen molar-refractivity contribution in [2.45, 2.75) is 92.6 Å². The normalized spacial score (nSPS) is 33.2. The summed E-state index contributed by atoms with van der Waals surface area (Å²) in [6.45, 7) is 15.5. The largest absolute Gasteiger partial charge is 0.511 e. The summed E-state index contributed by atoms with van der Waals surface area (Å²) in [7, 11) is 0. The minimum absolute atomic E-state index is 0.00987. The molecule has 0 radical (unpaired) electrons. The minimum Gasteiger partial charge on any atom is -0.511 e. The van der Waals surface area contributed by atoms with E-state index < -0.39 is 74.5 Å². The molecule has 0 fully saturated rings. The van der Waals surface area contributed by atoms with Crippen LogP contribution < -0.4 is 0 Å². The Kier molecular flexibility index (Phi) is 7.22. The predicted octanol–water partition coefficient (Wildman–Crippen LogP) is 5.63. The quantitative estimate of drug-likeness (QED) is 0.324. The van der Waals surface area contributed by atoms with Gasteiger partial charge in [-0.25, -0.2) is 0 Å². The zero-order chi connectivity index (χ0) is 31.1. The third kappa shape index (κ3) is 3.62. The Labute approximate surface area is 241 Å². The van der Waals surface area contributed by atoms with Crippen LogP contribution in [0.4, 0.5) is 0 Å². The maximum Gasteiger partial charge on any atom is 0.209 e. The van der Waals surface area contributed by atoms with E-state index in [1.54, 1.807) is 40.7 Å². The predicted molar refractivity (Wildman–Crippen MR) is 153 cm³/mol. The van der Waals surface area contributed by atoms with E-state index in [1.165, 1.54) is 6.07 Å². The number of benzene rings is 1. The molecule has 1 unspecified atom stereocenters. The average Bonchev–Trinajstić information content (AvgIpc) is 2.87. The summed E-state index contributed by atoms with van der Waals surface area (Å²) in [4.78, 5) is 54.5. The number of allylic oxidation sites excluding steroid dienone is 2. The lowest BCUT2D eigenvalue weighted by molar-refractivity contribution is -0.193. The van der Waals surface area contributed by atoms with Gasteiger partial charge in [-0.15, -0.1) is 0 Å². The summed E-state index contributed by atoms with van der Waals surface area (Å²) >= 11 is 0. The van der Waals surface area contributed by atoms with Crippen LogP contribution in [0.2, 0.25) is 0 Å². The van der Waals surface area contributed by atoms with Crippen LogP contribution in [-0.2, 0) is 14.4 Å². The van der Waals surface area contributed by atoms with Crippen LogP contribution in [0.5, 0.6) is 5.75 Å². The van der Waals surface area contributed by atoms with Gasteiger partial charge in [0.2, 0.25) is 5.78 Å². The summed E-state index contributed by atoms with van der Waals surface area (Å²) < 4.78 is 0. The number of phenolic OH excluding ortho intramolecular Hbond substituents is 1. The molecule has 0 saturated heterocycles. The number of rotatable bonds is 6. The lowest BCUT2D eigenvalue weighted by Crippen LogP contribution is -2.71. The van der Waals surface area contributed by atoms with Gasteiger partial charge in [-0.2, -0.15) is 0 Å². The second kappa shape index (κ2) is 9.65. The van der Waals surface area contributed by atoms with E-state index in [0.717, 1.165) is 12.5 Å². The second-order valence-electron chi connectivity index (χ2n) is 13.2. The van der Waals surface area contributed by atoms with E-state index in [0.29, 0.717) is 5.56 Å². The Morgan fingerprint density at radius 3 is 2.10 bits per heavy atom. The van der Waals surface area contributed by atoms with Crippen LogP contribution in [-0.4, -0.2) is 49.2 Å². The SMILES string of the molecule is CCC(=O)C[C@@H]1[C@]2(C)C(=C(O)[C@@]3(O)C(=O)C(C(C)=O)=C(O)C(C(C)C)[C@@]13C)C(=O)c1c(O)ccc(C(C)C)c1[C@H]2C. The molecule has 0 aliphatic heterocycles. The van der Waals surface area contributed by atoms with Gasteiger partial charge in [0.15, 0.2) is 17.2 Å². The number of fused-ring (bicyclic) bond motifs is 3. The van der Waals surface area contributed by atoms with Crippen LogP contribution in [0, 0.1) is 28.6 Å². The number of hydrogen-bond donors (Lipinski definition) is 4. The van der Waals surface area contributed by atoms with Gasteiger partial charge in [-0.1, -0.05) is 61.5 Å². The molecule has 0 saturated carbocycles. The first kappa shape index (κ1) is 30.7. The fourth-order valence-corrected chi connectivity index (χ4v) is 8.54. The third-order valence-corrected chi connectivity index (χ3v) is 10.6. The van der Waals surface area contributed by atoms with Crippen LogP contribution in [0.3, 0.4) is 0 Å². The van der Waals surface area contributed by atoms with Crippen LogP contribution in [0.1, 0.15) is 108 Å². The first-order valence-corrected chi connectivity index (χ1v) is 14.4. The highest BCUT2D eigenvalue weighted by atomic mass is 16.3. The van der Waals surface area contributed by atoms with Crippen molar-refractivity contribution in [3.63, 3.8) is 0 Å². The fraction of sp³-hybridized carbons (Fsp3) is 0.576. The highest BCUT2D eigenvalue weighted by Crippen LogP contribution is 2.71. The number of aromatic hydroxyl groups is 1. The van der Waals surface area contributed by atoms with Gasteiger partial charge in [0.25, 0.3) is 0 Å². The maximum absolute atomic E-state index is 14.4. The van der Waals surface area contributed by atoms with Crippen molar-refractivity contribution >= 4 is 23.1 Å². The van der Waals surface area contributed by atoms with Gasteiger partial charge in [-0.05, 0) is 47.8 Å². The highest BCUT2D eigenvalue weighted by molar-refractivity contribution is 6.25. The molecule has 1 aromatic rings. The molecule has 8 heteroatoms. The van der Waals surface area contributed by atoms with Crippen molar-refractivity contribution in [1.29, 1.82) is 0 Å². The van der Waals surface area contributed by atoms with E-state index in [2.05, 4.69) is 0 Å². The Hall–Kier alpha value is -3.26. The molecule has 0 amide bonds. The number of carbonyl (C=O) groups is 4. The lowest BCUT2D eigenvalue weighted by atomic mass is 9.38. The second-order valence-corrected chi connectivity index (χ2v) is 13.2. The molecule has 0 aromatic heterocycles. The summed E-state index contributed by atoms with van der Waals surface area (Å²) in [5.41, 5.74) is -5.26. The van der Waals surface area contributed by atoms with Crippen LogP contribution >= 0.6 is 0 Å². The smallest absolute Gasteiger partial charge is 0.209 e. The van der Waals surface area contributed by atoms with E-state index in [4.69, 9.17) is 0 Å². The molecule has 222 valence electrons. The van der Waals surface area contributed by atoms with Gasteiger partial charge in [0.1, 0.15) is 28.6 Å². The molecule has 4 N–H and O–H groups in total. The van der Waals surface area contributed by atoms with Crippen molar-refractivity contribution in [3.05, 3.63) is 51.5 Å². The van der Waals surface area contributed by atoms with Gasteiger partial charge in [0, 0.05) is 35.2 Å². The van der Waals surface area contributed by atoms with E-state index in [9.17, 15) is 39.6 Å². The fourth-order valence-electron chi connectivity index (χ4n) is 8.54. The maximum atomic E-state index is 14.4. The van der Waals surface area contributed by atoms with Crippen molar-refractivity contribution in [2.75, 3.05) is 0 Å². The van der Waals surface area contributed by atoms with Crippen LogP contribution in [0.25, 0.3) is 0 Å². The summed E-state index contributed by atoms with van der Waals surface area (Å²) in [6.07, 6.45) is 0.00836.